The van der Waals surface area contributed by atoms with Crippen LogP contribution in [0.3, 0.4) is 0 Å². The number of anilines is 2. The van der Waals surface area contributed by atoms with E-state index in [0.717, 1.165) is 34.0 Å². The fraction of sp³-hybridized carbons (Fsp3) is 0.281. The second-order valence-corrected chi connectivity index (χ2v) is 10.7. The van der Waals surface area contributed by atoms with E-state index in [1.54, 1.807) is 13.3 Å². The van der Waals surface area contributed by atoms with Gasteiger partial charge in [0, 0.05) is 36.1 Å². The number of rotatable bonds is 8. The third kappa shape index (κ3) is 5.42. The minimum Gasteiger partial charge on any atom is -0.495 e. The van der Waals surface area contributed by atoms with Crippen molar-refractivity contribution in [3.63, 3.8) is 0 Å². The summed E-state index contributed by atoms with van der Waals surface area (Å²) >= 11 is 5.97. The predicted molar refractivity (Wildman–Crippen MR) is 166 cm³/mol. The van der Waals surface area contributed by atoms with Crippen LogP contribution < -0.4 is 20.3 Å². The lowest BCUT2D eigenvalue weighted by molar-refractivity contribution is -0.119. The van der Waals surface area contributed by atoms with E-state index in [-0.39, 0.29) is 24.6 Å². The van der Waals surface area contributed by atoms with Gasteiger partial charge in [-0.05, 0) is 99.1 Å². The van der Waals surface area contributed by atoms with Crippen molar-refractivity contribution in [3.8, 4) is 11.4 Å². The molecule has 4 aromatic rings. The molecule has 41 heavy (non-hydrogen) atoms. The number of aryl methyl sites for hydroxylation is 3. The number of benzene rings is 2. The van der Waals surface area contributed by atoms with Crippen LogP contribution in [0.2, 0.25) is 0 Å². The Balaban J connectivity index is 1.66. The molecular weight excluding hydrogens is 534 g/mol. The highest BCUT2D eigenvalue weighted by Gasteiger charge is 2.42. The van der Waals surface area contributed by atoms with Crippen LogP contribution in [0.4, 0.5) is 11.4 Å². The topological polar surface area (TPSA) is 80.7 Å². The molecule has 8 nitrogen and oxygen atoms in total. The maximum Gasteiger partial charge on any atom is 0.250 e. The number of carbonyl (C=O) groups excluding carboxylic acids is 1. The molecule has 0 spiro atoms. The Bertz CT molecular complexity index is 1600. The lowest BCUT2D eigenvalue weighted by Gasteiger charge is -2.29. The van der Waals surface area contributed by atoms with Gasteiger partial charge >= 0.3 is 0 Å². The molecule has 0 bridgehead atoms. The van der Waals surface area contributed by atoms with Gasteiger partial charge in [0.05, 0.1) is 30.6 Å². The van der Waals surface area contributed by atoms with E-state index in [1.807, 2.05) is 36.4 Å². The quantitative estimate of drug-likeness (QED) is 0.257. The molecule has 212 valence electrons. The molecule has 1 saturated heterocycles. The lowest BCUT2D eigenvalue weighted by Crippen LogP contribution is -2.29. The molecule has 0 radical (unpaired) electrons. The van der Waals surface area contributed by atoms with Gasteiger partial charge in [-0.2, -0.15) is 0 Å². The van der Waals surface area contributed by atoms with Crippen molar-refractivity contribution < 1.29 is 14.3 Å². The van der Waals surface area contributed by atoms with Crippen molar-refractivity contribution in [2.75, 3.05) is 31.0 Å². The molecule has 3 heterocycles. The van der Waals surface area contributed by atoms with Crippen molar-refractivity contribution in [1.82, 2.24) is 14.9 Å². The number of ether oxygens (including phenoxy) is 2. The molecule has 2 N–H and O–H groups in total. The minimum absolute atomic E-state index is 0.0637. The third-order valence-corrected chi connectivity index (χ3v) is 7.82. The van der Waals surface area contributed by atoms with Gasteiger partial charge in [-0.25, -0.2) is 0 Å². The second kappa shape index (κ2) is 11.7. The number of thiocarbonyl (C=S) groups is 1. The average molecular weight is 570 g/mol. The molecule has 2 aromatic carbocycles. The smallest absolute Gasteiger partial charge is 0.250 e. The zero-order valence-corrected chi connectivity index (χ0v) is 25.0. The summed E-state index contributed by atoms with van der Waals surface area (Å²) in [6.07, 6.45) is 1.80. The number of hydrogen-bond donors (Lipinski definition) is 2. The number of nitrogens with zero attached hydrogens (tertiary/aromatic N) is 3. The van der Waals surface area contributed by atoms with Crippen molar-refractivity contribution in [2.45, 2.75) is 39.8 Å². The Kier molecular flexibility index (Phi) is 8.10. The normalized spacial score (nSPS) is 16.5. The molecule has 1 fully saturated rings. The van der Waals surface area contributed by atoms with Crippen molar-refractivity contribution in [2.24, 2.45) is 0 Å². The average Bonchev–Trinajstić information content (AvgIpc) is 3.45. The van der Waals surface area contributed by atoms with E-state index < -0.39 is 0 Å². The highest BCUT2D eigenvalue weighted by molar-refractivity contribution is 7.80. The molecular formula is C32H35N5O3S. The molecule has 2 aromatic heterocycles. The van der Waals surface area contributed by atoms with E-state index >= 15 is 0 Å². The number of carbonyl (C=O) groups is 1. The van der Waals surface area contributed by atoms with Crippen molar-refractivity contribution in [3.05, 3.63) is 101 Å². The van der Waals surface area contributed by atoms with E-state index in [4.69, 9.17) is 26.7 Å². The largest absolute Gasteiger partial charge is 0.495 e. The maximum absolute atomic E-state index is 12.4. The Labute approximate surface area is 246 Å². The summed E-state index contributed by atoms with van der Waals surface area (Å²) in [5.74, 6) is 0.271. The van der Waals surface area contributed by atoms with Gasteiger partial charge < -0.3 is 29.6 Å². The zero-order chi connectivity index (χ0) is 29.3. The molecule has 1 aliphatic heterocycles. The number of nitrogens with one attached hydrogen (secondary N) is 2. The highest BCUT2D eigenvalue weighted by Crippen LogP contribution is 2.45. The van der Waals surface area contributed by atoms with Crippen LogP contribution >= 0.6 is 12.2 Å². The monoisotopic (exact) mass is 569 g/mol. The summed E-state index contributed by atoms with van der Waals surface area (Å²) in [4.78, 5) is 19.2. The van der Waals surface area contributed by atoms with E-state index in [1.165, 1.54) is 18.2 Å². The van der Waals surface area contributed by atoms with Gasteiger partial charge in [-0.15, -0.1) is 0 Å². The Morgan fingerprint density at radius 1 is 1.05 bits per heavy atom. The standard InChI is InChI=1S/C32H35N5O3S/c1-19-10-11-20(2)27(15-19)36-21(3)16-24(22(36)4)31-30(25-9-7-8-14-33-25)35-32(41)37(31)23-12-13-28(40-6)26(17-23)34-29(38)18-39-5/h7-17,30-31H,18H2,1-6H3,(H,34,38)(H,35,41)/t30-,31-/m0/s1. The summed E-state index contributed by atoms with van der Waals surface area (Å²) in [5, 5.41) is 7.01. The van der Waals surface area contributed by atoms with Gasteiger partial charge in [-0.3, -0.25) is 9.78 Å². The van der Waals surface area contributed by atoms with Gasteiger partial charge in [0.2, 0.25) is 5.91 Å². The lowest BCUT2D eigenvalue weighted by atomic mass is 9.96. The Morgan fingerprint density at radius 2 is 1.85 bits per heavy atom. The number of hydrogen-bond acceptors (Lipinski definition) is 5. The van der Waals surface area contributed by atoms with Crippen LogP contribution in [0, 0.1) is 27.7 Å². The molecule has 5 rings (SSSR count). The fourth-order valence-electron chi connectivity index (χ4n) is 5.63. The van der Waals surface area contributed by atoms with E-state index in [0.29, 0.717) is 16.5 Å². The van der Waals surface area contributed by atoms with Gasteiger partial charge in [-0.1, -0.05) is 18.2 Å². The summed E-state index contributed by atoms with van der Waals surface area (Å²) < 4.78 is 12.9. The molecule has 0 saturated carbocycles. The summed E-state index contributed by atoms with van der Waals surface area (Å²) in [6, 6.07) is 20.0. The molecule has 2 atom stereocenters. The van der Waals surface area contributed by atoms with E-state index in [9.17, 15) is 4.79 Å². The van der Waals surface area contributed by atoms with Gasteiger partial charge in [0.25, 0.3) is 0 Å². The predicted octanol–water partition coefficient (Wildman–Crippen LogP) is 5.88. The zero-order valence-electron chi connectivity index (χ0n) is 24.2. The first-order chi connectivity index (χ1) is 19.7. The Morgan fingerprint density at radius 3 is 2.56 bits per heavy atom. The Hall–Kier alpha value is -4.21. The summed E-state index contributed by atoms with van der Waals surface area (Å²) in [7, 11) is 3.06. The van der Waals surface area contributed by atoms with Crippen LogP contribution in [0.15, 0.2) is 66.9 Å². The summed E-state index contributed by atoms with van der Waals surface area (Å²) in [6.45, 7) is 8.48. The number of methoxy groups -OCH3 is 2. The van der Waals surface area contributed by atoms with Gasteiger partial charge in [0.1, 0.15) is 12.4 Å². The molecule has 0 unspecified atom stereocenters. The van der Waals surface area contributed by atoms with Crippen LogP contribution in [0.1, 0.15) is 45.9 Å². The number of amides is 1. The molecule has 1 amide bonds. The summed E-state index contributed by atoms with van der Waals surface area (Å²) in [5.41, 5.74) is 9.20. The van der Waals surface area contributed by atoms with E-state index in [2.05, 4.69) is 72.1 Å². The first-order valence-electron chi connectivity index (χ1n) is 13.5. The molecule has 9 heteroatoms. The van der Waals surface area contributed by atoms with Gasteiger partial charge in [0.15, 0.2) is 5.11 Å². The highest BCUT2D eigenvalue weighted by atomic mass is 32.1. The first kappa shape index (κ1) is 28.3. The molecule has 1 aliphatic rings. The second-order valence-electron chi connectivity index (χ2n) is 10.3. The minimum atomic E-state index is -0.273. The van der Waals surface area contributed by atoms with Crippen molar-refractivity contribution >= 4 is 34.6 Å². The first-order valence-corrected chi connectivity index (χ1v) is 13.9. The SMILES string of the molecule is COCC(=O)Nc1cc(N2C(=S)N[C@@H](c3ccccn3)[C@@H]2c2cc(C)n(-c3cc(C)ccc3C)c2C)ccc1OC. The fourth-order valence-corrected chi connectivity index (χ4v) is 5.97. The third-order valence-electron chi connectivity index (χ3n) is 7.50. The van der Waals surface area contributed by atoms with Crippen LogP contribution in [-0.2, 0) is 9.53 Å². The number of pyridine rings is 1. The van der Waals surface area contributed by atoms with Crippen molar-refractivity contribution in [1.29, 1.82) is 0 Å². The van der Waals surface area contributed by atoms with Crippen LogP contribution in [0.5, 0.6) is 5.75 Å². The van der Waals surface area contributed by atoms with Crippen LogP contribution in [0.25, 0.3) is 5.69 Å². The number of aromatic nitrogens is 2. The molecule has 0 aliphatic carbocycles. The van der Waals surface area contributed by atoms with Crippen LogP contribution in [-0.4, -0.2) is 41.4 Å². The maximum atomic E-state index is 12.4.